The van der Waals surface area contributed by atoms with Gasteiger partial charge in [-0.2, -0.15) is 0 Å². The van der Waals surface area contributed by atoms with Crippen LogP contribution < -0.4 is 0 Å². The summed E-state index contributed by atoms with van der Waals surface area (Å²) in [6.45, 7) is 0. The summed E-state index contributed by atoms with van der Waals surface area (Å²) in [6, 6.07) is 12.1. The maximum atomic E-state index is 10.1. The Morgan fingerprint density at radius 2 is 1.37 bits per heavy atom. The molecule has 4 heteroatoms. The molecule has 1 aliphatic carbocycles. The monoisotopic (exact) mass is 380 g/mol. The van der Waals surface area contributed by atoms with Gasteiger partial charge in [0.2, 0.25) is 0 Å². The van der Waals surface area contributed by atoms with Crippen LogP contribution in [0.3, 0.4) is 0 Å². The molecule has 0 amide bonds. The molecule has 0 saturated heterocycles. The van der Waals surface area contributed by atoms with E-state index < -0.39 is 0 Å². The average molecular weight is 382 g/mol. The van der Waals surface area contributed by atoms with Gasteiger partial charge in [0, 0.05) is 8.95 Å². The summed E-state index contributed by atoms with van der Waals surface area (Å²) in [6.07, 6.45) is 0. The lowest BCUT2D eigenvalue weighted by atomic mass is 10.1. The molecule has 0 saturated carbocycles. The third-order valence-corrected chi connectivity index (χ3v) is 4.19. The molecule has 0 bridgehead atoms. The van der Waals surface area contributed by atoms with Crippen LogP contribution >= 0.6 is 31.9 Å². The van der Waals surface area contributed by atoms with Crippen molar-refractivity contribution in [2.75, 3.05) is 7.11 Å². The quantitative estimate of drug-likeness (QED) is 0.593. The van der Waals surface area contributed by atoms with Crippen molar-refractivity contribution >= 4 is 37.4 Å². The highest BCUT2D eigenvalue weighted by atomic mass is 79.9. The Kier molecular flexibility index (Phi) is 3.15. The van der Waals surface area contributed by atoms with Gasteiger partial charge in [-0.25, -0.2) is 0 Å². The second kappa shape index (κ2) is 4.69. The standard InChI is InChI=1S/C15H10Br2O2/c1-19-15(18)14-12-6-8(16)2-4-10(12)11-5-3-9(17)7-13(11)14/h2-7,18H,1H3. The van der Waals surface area contributed by atoms with Crippen LogP contribution in [0.5, 0.6) is 0 Å². The first-order chi connectivity index (χ1) is 9.11. The molecule has 1 aliphatic rings. The third-order valence-electron chi connectivity index (χ3n) is 3.20. The van der Waals surface area contributed by atoms with Crippen molar-refractivity contribution < 1.29 is 9.84 Å². The Morgan fingerprint density at radius 1 is 0.895 bits per heavy atom. The number of halogens is 2. The predicted octanol–water partition coefficient (Wildman–Crippen LogP) is 5.11. The van der Waals surface area contributed by atoms with Crippen molar-refractivity contribution in [3.8, 4) is 11.1 Å². The molecule has 2 nitrogen and oxygen atoms in total. The van der Waals surface area contributed by atoms with Gasteiger partial charge in [0.15, 0.2) is 0 Å². The predicted molar refractivity (Wildman–Crippen MR) is 82.9 cm³/mol. The van der Waals surface area contributed by atoms with Gasteiger partial charge in [0.05, 0.1) is 12.7 Å². The van der Waals surface area contributed by atoms with E-state index in [4.69, 9.17) is 4.74 Å². The van der Waals surface area contributed by atoms with E-state index in [1.165, 1.54) is 7.11 Å². The first kappa shape index (κ1) is 12.8. The molecule has 96 valence electrons. The number of fused-ring (bicyclic) bond motifs is 3. The van der Waals surface area contributed by atoms with Crippen LogP contribution in [-0.4, -0.2) is 12.2 Å². The molecule has 0 heterocycles. The normalized spacial score (nSPS) is 12.1. The van der Waals surface area contributed by atoms with Crippen molar-refractivity contribution in [2.45, 2.75) is 0 Å². The summed E-state index contributed by atoms with van der Waals surface area (Å²) in [5.74, 6) is -0.0591. The molecule has 2 aromatic carbocycles. The van der Waals surface area contributed by atoms with Gasteiger partial charge in [0.1, 0.15) is 0 Å². The lowest BCUT2D eigenvalue weighted by Crippen LogP contribution is -1.92. The molecular weight excluding hydrogens is 372 g/mol. The molecule has 1 N–H and O–H groups in total. The number of hydrogen-bond acceptors (Lipinski definition) is 2. The van der Waals surface area contributed by atoms with Crippen LogP contribution in [0.1, 0.15) is 11.1 Å². The van der Waals surface area contributed by atoms with E-state index in [9.17, 15) is 5.11 Å². The smallest absolute Gasteiger partial charge is 0.285 e. The van der Waals surface area contributed by atoms with Crippen molar-refractivity contribution in [2.24, 2.45) is 0 Å². The van der Waals surface area contributed by atoms with E-state index in [-0.39, 0.29) is 5.95 Å². The van der Waals surface area contributed by atoms with Crippen molar-refractivity contribution in [3.63, 3.8) is 0 Å². The minimum absolute atomic E-state index is 0.0591. The van der Waals surface area contributed by atoms with Gasteiger partial charge < -0.3 is 9.84 Å². The molecule has 0 atom stereocenters. The van der Waals surface area contributed by atoms with Gasteiger partial charge in [-0.15, -0.1) is 0 Å². The van der Waals surface area contributed by atoms with Gasteiger partial charge in [-0.1, -0.05) is 44.0 Å². The minimum Gasteiger partial charge on any atom is -0.481 e. The average Bonchev–Trinajstić information content (AvgIpc) is 2.70. The minimum atomic E-state index is -0.0591. The number of hydrogen-bond donors (Lipinski definition) is 1. The summed E-state index contributed by atoms with van der Waals surface area (Å²) >= 11 is 6.94. The van der Waals surface area contributed by atoms with E-state index >= 15 is 0 Å². The fourth-order valence-corrected chi connectivity index (χ4v) is 3.12. The first-order valence-electron chi connectivity index (χ1n) is 5.69. The van der Waals surface area contributed by atoms with Crippen molar-refractivity contribution in [3.05, 3.63) is 62.4 Å². The first-order valence-corrected chi connectivity index (χ1v) is 7.28. The van der Waals surface area contributed by atoms with E-state index in [2.05, 4.69) is 31.9 Å². The number of benzene rings is 2. The number of rotatable bonds is 1. The van der Waals surface area contributed by atoms with Gasteiger partial charge in [-0.3, -0.25) is 0 Å². The molecule has 3 rings (SSSR count). The Labute approximate surface area is 128 Å². The summed E-state index contributed by atoms with van der Waals surface area (Å²) < 4.78 is 6.98. The molecule has 0 aromatic heterocycles. The fourth-order valence-electron chi connectivity index (χ4n) is 2.39. The highest BCUT2D eigenvalue weighted by molar-refractivity contribution is 9.10. The summed E-state index contributed by atoms with van der Waals surface area (Å²) in [5.41, 5.74) is 4.88. The Balaban J connectivity index is 2.39. The van der Waals surface area contributed by atoms with E-state index in [0.29, 0.717) is 0 Å². The van der Waals surface area contributed by atoms with Crippen LogP contribution in [-0.2, 0) is 4.74 Å². The van der Waals surface area contributed by atoms with Crippen molar-refractivity contribution in [1.82, 2.24) is 0 Å². The number of ether oxygens (including phenoxy) is 1. The molecule has 0 spiro atoms. The molecule has 19 heavy (non-hydrogen) atoms. The van der Waals surface area contributed by atoms with Crippen LogP contribution in [0.2, 0.25) is 0 Å². The van der Waals surface area contributed by atoms with Gasteiger partial charge >= 0.3 is 0 Å². The molecule has 0 radical (unpaired) electrons. The van der Waals surface area contributed by atoms with Crippen LogP contribution in [0, 0.1) is 0 Å². The molecular formula is C15H10Br2O2. The van der Waals surface area contributed by atoms with Crippen LogP contribution in [0.15, 0.2) is 51.3 Å². The fraction of sp³-hybridized carbons (Fsp3) is 0.0667. The Bertz CT molecular complexity index is 652. The molecule has 2 aromatic rings. The zero-order valence-corrected chi connectivity index (χ0v) is 13.2. The molecule has 0 fully saturated rings. The second-order valence-electron chi connectivity index (χ2n) is 4.26. The van der Waals surface area contributed by atoms with Crippen molar-refractivity contribution in [1.29, 1.82) is 0 Å². The maximum absolute atomic E-state index is 10.1. The summed E-state index contributed by atoms with van der Waals surface area (Å²) in [4.78, 5) is 0. The van der Waals surface area contributed by atoms with Gasteiger partial charge in [-0.05, 0) is 46.5 Å². The van der Waals surface area contributed by atoms with Crippen LogP contribution in [0.4, 0.5) is 0 Å². The lowest BCUT2D eigenvalue weighted by Gasteiger charge is -2.06. The zero-order valence-electron chi connectivity index (χ0n) is 10.1. The maximum Gasteiger partial charge on any atom is 0.285 e. The van der Waals surface area contributed by atoms with E-state index in [0.717, 1.165) is 36.8 Å². The Hall–Kier alpha value is -1.26. The van der Waals surface area contributed by atoms with E-state index in [1.807, 2.05) is 36.4 Å². The van der Waals surface area contributed by atoms with Crippen LogP contribution in [0.25, 0.3) is 16.7 Å². The highest BCUT2D eigenvalue weighted by Gasteiger charge is 2.27. The second-order valence-corrected chi connectivity index (χ2v) is 6.10. The summed E-state index contributed by atoms with van der Waals surface area (Å²) in [5, 5.41) is 10.1. The number of methoxy groups -OCH3 is 1. The zero-order chi connectivity index (χ0) is 13.6. The number of aliphatic hydroxyl groups excluding tert-OH is 1. The lowest BCUT2D eigenvalue weighted by molar-refractivity contribution is 0.139. The molecule has 0 aliphatic heterocycles. The largest absolute Gasteiger partial charge is 0.481 e. The SMILES string of the molecule is COC(O)=C1c2cc(Br)ccc2-c2ccc(Br)cc21. The third kappa shape index (κ3) is 1.99. The van der Waals surface area contributed by atoms with Gasteiger partial charge in [0.25, 0.3) is 5.95 Å². The summed E-state index contributed by atoms with van der Waals surface area (Å²) in [7, 11) is 1.47. The van der Waals surface area contributed by atoms with E-state index in [1.54, 1.807) is 0 Å². The Morgan fingerprint density at radius 3 is 1.79 bits per heavy atom. The number of aliphatic hydroxyl groups is 1. The topological polar surface area (TPSA) is 29.5 Å². The molecule has 0 unspecified atom stereocenters. The highest BCUT2D eigenvalue weighted by Crippen LogP contribution is 2.47.